The maximum absolute atomic E-state index is 10.4. The van der Waals surface area contributed by atoms with Crippen LogP contribution in [0.5, 0.6) is 0 Å². The summed E-state index contributed by atoms with van der Waals surface area (Å²) in [5.41, 5.74) is 0. The van der Waals surface area contributed by atoms with Crippen LogP contribution >= 0.6 is 0 Å². The molecule has 0 atom stereocenters. The highest BCUT2D eigenvalue weighted by molar-refractivity contribution is 7.89. The normalized spacial score (nSPS) is 10.7. The van der Waals surface area contributed by atoms with Crippen LogP contribution in [0.3, 0.4) is 0 Å². The number of nitrogens with two attached hydrogens (primary N) is 1. The van der Waals surface area contributed by atoms with Crippen molar-refractivity contribution in [2.45, 2.75) is 0 Å². The highest BCUT2D eigenvalue weighted by Crippen LogP contribution is 1.73. The van der Waals surface area contributed by atoms with E-state index in [1.807, 2.05) is 0 Å². The van der Waals surface area contributed by atoms with Crippen LogP contribution in [0.25, 0.3) is 0 Å². The zero-order valence-electron chi connectivity index (χ0n) is 6.12. The summed E-state index contributed by atoms with van der Waals surface area (Å²) in [5, 5.41) is 9.21. The number of rotatable bonds is 3. The third-order valence-corrected chi connectivity index (χ3v) is 1.67. The van der Waals surface area contributed by atoms with Gasteiger partial charge in [-0.15, -0.1) is 0 Å². The highest BCUT2D eigenvalue weighted by Gasteiger charge is 2.02. The van der Waals surface area contributed by atoms with Gasteiger partial charge in [0.05, 0.1) is 5.75 Å². The number of urea groups is 1. The van der Waals surface area contributed by atoms with E-state index >= 15 is 0 Å². The van der Waals surface area contributed by atoms with Crippen LogP contribution in [0.2, 0.25) is 0 Å². The number of nitrogens with one attached hydrogen (secondary N) is 2. The molecule has 0 saturated heterocycles. The maximum atomic E-state index is 10.4. The van der Waals surface area contributed by atoms with Crippen molar-refractivity contribution in [2.24, 2.45) is 5.14 Å². The molecule has 66 valence electrons. The minimum atomic E-state index is -3.47. The molecule has 0 heterocycles. The maximum Gasteiger partial charge on any atom is 0.314 e. The van der Waals surface area contributed by atoms with Gasteiger partial charge in [-0.05, 0) is 0 Å². The van der Waals surface area contributed by atoms with Gasteiger partial charge in [-0.1, -0.05) is 0 Å². The zero-order chi connectivity index (χ0) is 8.91. The molecule has 0 aliphatic carbocycles. The number of primary sulfonamides is 1. The topological polar surface area (TPSA) is 101 Å². The quantitative estimate of drug-likeness (QED) is 0.479. The van der Waals surface area contributed by atoms with Crippen LogP contribution in [0.15, 0.2) is 0 Å². The van der Waals surface area contributed by atoms with E-state index in [2.05, 4.69) is 15.8 Å². The molecule has 0 aromatic carbocycles. The zero-order valence-corrected chi connectivity index (χ0v) is 6.94. The molecule has 7 heteroatoms. The van der Waals surface area contributed by atoms with E-state index in [0.29, 0.717) is 0 Å². The standard InChI is InChI=1S/C4H11N3O3S/c1-6-4(8)7-2-3-11(5,9)10/h2-3H2,1H3,(H2,5,9,10)(H2,6,7,8). The fraction of sp³-hybridized carbons (Fsp3) is 0.750. The van der Waals surface area contributed by atoms with Crippen LogP contribution in [0.4, 0.5) is 4.79 Å². The molecule has 0 aliphatic rings. The van der Waals surface area contributed by atoms with E-state index < -0.39 is 16.1 Å². The monoisotopic (exact) mass is 181 g/mol. The Hall–Kier alpha value is -0.820. The summed E-state index contributed by atoms with van der Waals surface area (Å²) < 4.78 is 20.6. The van der Waals surface area contributed by atoms with Crippen molar-refractivity contribution in [3.63, 3.8) is 0 Å². The van der Waals surface area contributed by atoms with Gasteiger partial charge in [0.15, 0.2) is 0 Å². The van der Waals surface area contributed by atoms with Gasteiger partial charge in [0.1, 0.15) is 0 Å². The predicted octanol–water partition coefficient (Wildman–Crippen LogP) is -1.80. The van der Waals surface area contributed by atoms with Gasteiger partial charge in [0.2, 0.25) is 10.0 Å². The summed E-state index contributed by atoms with van der Waals surface area (Å²) in [7, 11) is -2.03. The third-order valence-electron chi connectivity index (χ3n) is 0.899. The lowest BCUT2D eigenvalue weighted by Crippen LogP contribution is -2.36. The fourth-order valence-electron chi connectivity index (χ4n) is 0.395. The highest BCUT2D eigenvalue weighted by atomic mass is 32.2. The van der Waals surface area contributed by atoms with Gasteiger partial charge in [0, 0.05) is 13.6 Å². The van der Waals surface area contributed by atoms with Crippen molar-refractivity contribution in [3.8, 4) is 0 Å². The van der Waals surface area contributed by atoms with E-state index in [1.54, 1.807) is 0 Å². The molecule has 4 N–H and O–H groups in total. The van der Waals surface area contributed by atoms with E-state index in [-0.39, 0.29) is 12.3 Å². The van der Waals surface area contributed by atoms with E-state index in [1.165, 1.54) is 7.05 Å². The first-order valence-electron chi connectivity index (χ1n) is 2.92. The Morgan fingerprint density at radius 2 is 2.09 bits per heavy atom. The smallest absolute Gasteiger partial charge is 0.314 e. The van der Waals surface area contributed by atoms with Gasteiger partial charge in [-0.3, -0.25) is 0 Å². The Balaban J connectivity index is 3.51. The second kappa shape index (κ2) is 4.14. The van der Waals surface area contributed by atoms with Crippen molar-refractivity contribution in [1.29, 1.82) is 0 Å². The molecule has 0 spiro atoms. The molecular weight excluding hydrogens is 170 g/mol. The van der Waals surface area contributed by atoms with Crippen LogP contribution in [0, 0.1) is 0 Å². The molecule has 0 aromatic heterocycles. The first kappa shape index (κ1) is 10.2. The molecular formula is C4H11N3O3S. The van der Waals surface area contributed by atoms with E-state index in [4.69, 9.17) is 0 Å². The summed E-state index contributed by atoms with van der Waals surface area (Å²) in [6.45, 7) is 0.0263. The van der Waals surface area contributed by atoms with Gasteiger partial charge < -0.3 is 10.6 Å². The summed E-state index contributed by atoms with van der Waals surface area (Å²) in [4.78, 5) is 10.4. The number of carbonyl (C=O) groups is 1. The Kier molecular flexibility index (Phi) is 3.83. The first-order valence-corrected chi connectivity index (χ1v) is 4.63. The molecule has 0 bridgehead atoms. The molecule has 0 aliphatic heterocycles. The van der Waals surface area contributed by atoms with Gasteiger partial charge in [0.25, 0.3) is 0 Å². The first-order chi connectivity index (χ1) is 4.95. The fourth-order valence-corrected chi connectivity index (χ4v) is 0.782. The van der Waals surface area contributed by atoms with Crippen LogP contribution in [-0.4, -0.2) is 33.8 Å². The Morgan fingerprint density at radius 3 is 2.45 bits per heavy atom. The Bertz CT molecular complexity index is 223. The summed E-state index contributed by atoms with van der Waals surface area (Å²) in [6.07, 6.45) is 0. The minimum Gasteiger partial charge on any atom is -0.341 e. The van der Waals surface area contributed by atoms with E-state index in [9.17, 15) is 13.2 Å². The van der Waals surface area contributed by atoms with Gasteiger partial charge >= 0.3 is 6.03 Å². The lowest BCUT2D eigenvalue weighted by atomic mass is 10.7. The number of hydrogen-bond donors (Lipinski definition) is 3. The Morgan fingerprint density at radius 1 is 1.55 bits per heavy atom. The number of sulfonamides is 1. The Labute approximate surface area is 65.2 Å². The summed E-state index contributed by atoms with van der Waals surface area (Å²) >= 11 is 0. The average Bonchev–Trinajstić information content (AvgIpc) is 1.85. The molecule has 0 radical (unpaired) electrons. The van der Waals surface area contributed by atoms with Gasteiger partial charge in [-0.2, -0.15) is 0 Å². The summed E-state index contributed by atoms with van der Waals surface area (Å²) in [5.74, 6) is -0.250. The van der Waals surface area contributed by atoms with Crippen molar-refractivity contribution >= 4 is 16.1 Å². The van der Waals surface area contributed by atoms with Crippen LogP contribution < -0.4 is 15.8 Å². The molecule has 0 aromatic rings. The van der Waals surface area contributed by atoms with Crippen LogP contribution in [-0.2, 0) is 10.0 Å². The third kappa shape index (κ3) is 7.07. The van der Waals surface area contributed by atoms with Crippen molar-refractivity contribution in [3.05, 3.63) is 0 Å². The molecule has 2 amide bonds. The predicted molar refractivity (Wildman–Crippen MR) is 40.4 cm³/mol. The molecule has 6 nitrogen and oxygen atoms in total. The average molecular weight is 181 g/mol. The SMILES string of the molecule is CNC(=O)NCCS(N)(=O)=O. The molecule has 0 fully saturated rings. The minimum absolute atomic E-state index is 0.0263. The van der Waals surface area contributed by atoms with Crippen molar-refractivity contribution in [2.75, 3.05) is 19.3 Å². The second-order valence-corrected chi connectivity index (χ2v) is 3.61. The number of carbonyl (C=O) groups excluding carboxylic acids is 1. The summed E-state index contributed by atoms with van der Waals surface area (Å²) in [6, 6.07) is -0.423. The largest absolute Gasteiger partial charge is 0.341 e. The second-order valence-electron chi connectivity index (χ2n) is 1.87. The lowest BCUT2D eigenvalue weighted by molar-refractivity contribution is 0.243. The molecule has 0 rings (SSSR count). The van der Waals surface area contributed by atoms with Crippen molar-refractivity contribution < 1.29 is 13.2 Å². The molecule has 0 saturated carbocycles. The number of amides is 2. The lowest BCUT2D eigenvalue weighted by Gasteiger charge is -2.01. The van der Waals surface area contributed by atoms with E-state index in [0.717, 1.165) is 0 Å². The van der Waals surface area contributed by atoms with Crippen LogP contribution in [0.1, 0.15) is 0 Å². The number of hydrogen-bond acceptors (Lipinski definition) is 3. The van der Waals surface area contributed by atoms with Gasteiger partial charge in [-0.25, -0.2) is 18.4 Å². The molecule has 11 heavy (non-hydrogen) atoms. The van der Waals surface area contributed by atoms with Crippen molar-refractivity contribution in [1.82, 2.24) is 10.6 Å². The molecule has 0 unspecified atom stereocenters.